The largest absolute Gasteiger partial charge is 0.491 e. The summed E-state index contributed by atoms with van der Waals surface area (Å²) in [6.45, 7) is 0.947. The van der Waals surface area contributed by atoms with Crippen LogP contribution in [0.25, 0.3) is 0 Å². The topological polar surface area (TPSA) is 166 Å². The van der Waals surface area contributed by atoms with Gasteiger partial charge in [-0.3, -0.25) is 19.2 Å². The lowest BCUT2D eigenvalue weighted by atomic mass is 9.78. The molecule has 0 saturated carbocycles. The third-order valence-electron chi connectivity index (χ3n) is 8.38. The normalized spacial score (nSPS) is 23.1. The number of nitrogens with zero attached hydrogens (tertiary/aromatic N) is 2. The summed E-state index contributed by atoms with van der Waals surface area (Å²) in [5, 5.41) is 32.4. The van der Waals surface area contributed by atoms with Crippen LogP contribution in [0.15, 0.2) is 36.4 Å². The summed E-state index contributed by atoms with van der Waals surface area (Å²) in [6.07, 6.45) is 1.21. The van der Waals surface area contributed by atoms with Gasteiger partial charge < -0.3 is 39.6 Å². The number of likely N-dealkylation sites (tertiary alicyclic amines) is 2. The Morgan fingerprint density at radius 1 is 0.927 bits per heavy atom. The second kappa shape index (κ2) is 10.9. The first kappa shape index (κ1) is 27.5. The third-order valence-corrected chi connectivity index (χ3v) is 8.38. The summed E-state index contributed by atoms with van der Waals surface area (Å²) < 4.78 is 10.4. The van der Waals surface area contributed by atoms with Crippen LogP contribution in [0, 0.1) is 0 Å². The number of carbonyl (C=O) groups excluding carboxylic acids is 3. The Morgan fingerprint density at radius 2 is 1.56 bits per heavy atom. The molecule has 4 aliphatic heterocycles. The molecule has 2 aromatic carbocycles. The molecule has 3 amide bonds. The molecule has 212 valence electrons. The highest BCUT2D eigenvalue weighted by Gasteiger charge is 2.45. The quantitative estimate of drug-likeness (QED) is 0.311. The predicted octanol–water partition coefficient (Wildman–Crippen LogP) is -1.40. The molecule has 2 fully saturated rings. The Kier molecular flexibility index (Phi) is 7.32. The van der Waals surface area contributed by atoms with Gasteiger partial charge >= 0.3 is 20.2 Å². The van der Waals surface area contributed by atoms with Crippen LogP contribution >= 0.6 is 0 Å². The molecule has 0 aliphatic carbocycles. The summed E-state index contributed by atoms with van der Waals surface area (Å²) in [6, 6.07) is 7.89. The van der Waals surface area contributed by atoms with E-state index in [1.54, 1.807) is 41.3 Å². The minimum atomic E-state index is -1.14. The van der Waals surface area contributed by atoms with Gasteiger partial charge in [0.15, 0.2) is 0 Å². The van der Waals surface area contributed by atoms with E-state index in [4.69, 9.17) is 9.31 Å². The van der Waals surface area contributed by atoms with E-state index in [-0.39, 0.29) is 44.1 Å². The van der Waals surface area contributed by atoms with Crippen molar-refractivity contribution in [3.05, 3.63) is 58.7 Å². The van der Waals surface area contributed by atoms with E-state index >= 15 is 0 Å². The predicted molar refractivity (Wildman–Crippen MR) is 145 cm³/mol. The summed E-state index contributed by atoms with van der Waals surface area (Å²) in [4.78, 5) is 55.2. The second-order valence-electron chi connectivity index (χ2n) is 11.0. The van der Waals surface area contributed by atoms with E-state index < -0.39 is 50.1 Å². The van der Waals surface area contributed by atoms with E-state index in [2.05, 4.69) is 5.32 Å². The van der Waals surface area contributed by atoms with Crippen molar-refractivity contribution in [2.75, 3.05) is 13.1 Å². The van der Waals surface area contributed by atoms with Crippen molar-refractivity contribution in [3.63, 3.8) is 0 Å². The number of nitrogens with one attached hydrogen (secondary N) is 1. The highest BCUT2D eigenvalue weighted by molar-refractivity contribution is 6.62. The van der Waals surface area contributed by atoms with Crippen molar-refractivity contribution >= 4 is 48.9 Å². The smallest absolute Gasteiger partial charge is 0.481 e. The molecule has 12 nitrogen and oxygen atoms in total. The summed E-state index contributed by atoms with van der Waals surface area (Å²) >= 11 is 0. The Bertz CT molecular complexity index is 1420. The van der Waals surface area contributed by atoms with Crippen molar-refractivity contribution in [3.8, 4) is 0 Å². The zero-order chi connectivity index (χ0) is 28.8. The first-order chi connectivity index (χ1) is 19.7. The van der Waals surface area contributed by atoms with Crippen molar-refractivity contribution < 1.29 is 43.6 Å². The number of aliphatic carboxylic acids is 1. The molecule has 0 aromatic heterocycles. The fourth-order valence-corrected chi connectivity index (χ4v) is 6.27. The van der Waals surface area contributed by atoms with Crippen LogP contribution in [0.1, 0.15) is 57.5 Å². The molecule has 0 unspecified atom stereocenters. The lowest BCUT2D eigenvalue weighted by Crippen LogP contribution is -2.49. The molecule has 3 atom stereocenters. The lowest BCUT2D eigenvalue weighted by molar-refractivity contribution is -0.141. The molecule has 0 spiro atoms. The van der Waals surface area contributed by atoms with Crippen LogP contribution in [0.2, 0.25) is 0 Å². The van der Waals surface area contributed by atoms with Crippen LogP contribution in [0.5, 0.6) is 0 Å². The number of carbonyl (C=O) groups is 4. The van der Waals surface area contributed by atoms with Gasteiger partial charge in [-0.1, -0.05) is 12.1 Å². The number of carboxylic acid groups (broad SMARTS) is 1. The molecule has 4 heterocycles. The highest BCUT2D eigenvalue weighted by Crippen LogP contribution is 2.28. The standard InChI is InChI=1S/C27H29B2N3O9/c33-24(34)11-20-2-1-7-31(20)27(37)23-10-19(30-25(35)15-3-5-17-13-40-28(38)21(17)8-15)12-32(23)26(36)16-4-6-18-14-41-29(39)22(18)9-16/h3-6,8-9,19-20,23,38-39H,1-2,7,10-14H2,(H,30,35)(H,33,34)/t19-,20+,23+/m1/s1. The van der Waals surface area contributed by atoms with E-state index in [0.717, 1.165) is 11.1 Å². The first-order valence-corrected chi connectivity index (χ1v) is 13.7. The molecule has 6 rings (SSSR count). The van der Waals surface area contributed by atoms with E-state index in [9.17, 15) is 34.3 Å². The lowest BCUT2D eigenvalue weighted by Gasteiger charge is -2.31. The van der Waals surface area contributed by atoms with Gasteiger partial charge in [-0.25, -0.2) is 0 Å². The highest BCUT2D eigenvalue weighted by atomic mass is 16.5. The molecule has 0 radical (unpaired) electrons. The number of hydrogen-bond acceptors (Lipinski definition) is 8. The van der Waals surface area contributed by atoms with Gasteiger partial charge in [-0.05, 0) is 65.6 Å². The van der Waals surface area contributed by atoms with E-state index in [1.165, 1.54) is 4.90 Å². The Morgan fingerprint density at radius 3 is 2.22 bits per heavy atom. The van der Waals surface area contributed by atoms with Gasteiger partial charge in [0.2, 0.25) is 5.91 Å². The van der Waals surface area contributed by atoms with Gasteiger partial charge in [-0.15, -0.1) is 0 Å². The number of amides is 3. The minimum Gasteiger partial charge on any atom is -0.481 e. The summed E-state index contributed by atoms with van der Waals surface area (Å²) in [5.74, 6) is -2.20. The molecule has 41 heavy (non-hydrogen) atoms. The second-order valence-corrected chi connectivity index (χ2v) is 11.0. The first-order valence-electron chi connectivity index (χ1n) is 13.7. The number of rotatable bonds is 6. The molecule has 4 N–H and O–H groups in total. The third kappa shape index (κ3) is 5.23. The van der Waals surface area contributed by atoms with Crippen LogP contribution in [-0.4, -0.2) is 94.1 Å². The Balaban J connectivity index is 1.25. The Labute approximate surface area is 236 Å². The summed E-state index contributed by atoms with van der Waals surface area (Å²) in [7, 11) is -2.24. The SMILES string of the molecule is O=C(O)C[C@@H]1CCCN1C(=O)[C@@H]1C[C@@H](NC(=O)c2ccc3c(c2)B(O)OC3)CN1C(=O)c1ccc2c(c1)B(O)OC2. The van der Waals surface area contributed by atoms with Crippen molar-refractivity contribution in [2.24, 2.45) is 0 Å². The number of carboxylic acids is 1. The molecular weight excluding hydrogens is 532 g/mol. The molecule has 14 heteroatoms. The minimum absolute atomic E-state index is 0.0607. The average molecular weight is 561 g/mol. The molecule has 2 saturated heterocycles. The average Bonchev–Trinajstić information content (AvgIpc) is 3.75. The van der Waals surface area contributed by atoms with Gasteiger partial charge in [0.25, 0.3) is 11.8 Å². The fourth-order valence-electron chi connectivity index (χ4n) is 6.27. The summed E-state index contributed by atoms with van der Waals surface area (Å²) in [5.41, 5.74) is 3.17. The maximum atomic E-state index is 13.8. The van der Waals surface area contributed by atoms with Crippen LogP contribution in [0.4, 0.5) is 0 Å². The fraction of sp³-hybridized carbons (Fsp3) is 0.407. The maximum absolute atomic E-state index is 13.8. The van der Waals surface area contributed by atoms with Crippen LogP contribution < -0.4 is 16.2 Å². The number of hydrogen-bond donors (Lipinski definition) is 4. The molecule has 2 aromatic rings. The van der Waals surface area contributed by atoms with Crippen molar-refractivity contribution in [2.45, 2.75) is 57.0 Å². The van der Waals surface area contributed by atoms with Crippen LogP contribution in [-0.2, 0) is 32.1 Å². The molecule has 4 aliphatic rings. The van der Waals surface area contributed by atoms with Gasteiger partial charge in [0.05, 0.1) is 19.6 Å². The monoisotopic (exact) mass is 561 g/mol. The Hall–Kier alpha value is -3.71. The van der Waals surface area contributed by atoms with Crippen molar-refractivity contribution in [1.29, 1.82) is 0 Å². The van der Waals surface area contributed by atoms with Crippen LogP contribution in [0.3, 0.4) is 0 Å². The molecule has 0 bridgehead atoms. The van der Waals surface area contributed by atoms with Crippen molar-refractivity contribution in [1.82, 2.24) is 15.1 Å². The maximum Gasteiger partial charge on any atom is 0.491 e. The number of fused-ring (bicyclic) bond motifs is 2. The van der Waals surface area contributed by atoms with E-state index in [1.807, 2.05) is 0 Å². The van der Waals surface area contributed by atoms with Gasteiger partial charge in [0, 0.05) is 36.3 Å². The van der Waals surface area contributed by atoms with Gasteiger partial charge in [-0.2, -0.15) is 0 Å². The number of benzene rings is 2. The van der Waals surface area contributed by atoms with E-state index in [0.29, 0.717) is 35.9 Å². The molecular formula is C27H29B2N3O9. The van der Waals surface area contributed by atoms with Gasteiger partial charge in [0.1, 0.15) is 6.04 Å². The zero-order valence-electron chi connectivity index (χ0n) is 22.2. The zero-order valence-corrected chi connectivity index (χ0v) is 22.2.